The van der Waals surface area contributed by atoms with E-state index in [0.717, 1.165) is 41.4 Å². The van der Waals surface area contributed by atoms with Crippen molar-refractivity contribution in [3.63, 3.8) is 0 Å². The predicted octanol–water partition coefficient (Wildman–Crippen LogP) is 4.64. The van der Waals surface area contributed by atoms with Gasteiger partial charge >= 0.3 is 0 Å². The summed E-state index contributed by atoms with van der Waals surface area (Å²) in [6.45, 7) is 3.05. The van der Waals surface area contributed by atoms with Crippen LogP contribution in [0.15, 0.2) is 36.4 Å². The third kappa shape index (κ3) is 3.76. The Bertz CT molecular complexity index is 855. The van der Waals surface area contributed by atoms with Crippen molar-refractivity contribution in [1.29, 1.82) is 0 Å². The molecule has 0 aliphatic heterocycles. The minimum absolute atomic E-state index is 0.615. The SMILES string of the molecule is Cc1cc2c(NCCCc3ccccc3)nc(N(C)C3CC3)nc2s1. The van der Waals surface area contributed by atoms with E-state index in [4.69, 9.17) is 9.97 Å². The lowest BCUT2D eigenvalue weighted by molar-refractivity contribution is 0.849. The zero-order valence-electron chi connectivity index (χ0n) is 14.8. The zero-order valence-corrected chi connectivity index (χ0v) is 15.6. The Morgan fingerprint density at radius 3 is 2.76 bits per heavy atom. The van der Waals surface area contributed by atoms with Crippen LogP contribution in [0.3, 0.4) is 0 Å². The van der Waals surface area contributed by atoms with E-state index in [2.05, 4.69) is 60.6 Å². The second-order valence-corrected chi connectivity index (χ2v) is 8.04. The molecule has 0 radical (unpaired) electrons. The number of anilines is 2. The van der Waals surface area contributed by atoms with Crippen molar-refractivity contribution in [1.82, 2.24) is 9.97 Å². The molecule has 4 nitrogen and oxygen atoms in total. The first-order valence-corrected chi connectivity index (χ1v) is 9.81. The maximum atomic E-state index is 4.83. The van der Waals surface area contributed by atoms with Crippen molar-refractivity contribution in [2.45, 2.75) is 38.6 Å². The highest BCUT2D eigenvalue weighted by Gasteiger charge is 2.28. The summed E-state index contributed by atoms with van der Waals surface area (Å²) in [5, 5.41) is 4.70. The fraction of sp³-hybridized carbons (Fsp3) is 0.400. The number of rotatable bonds is 7. The van der Waals surface area contributed by atoms with Gasteiger partial charge in [-0.2, -0.15) is 4.98 Å². The lowest BCUT2D eigenvalue weighted by Gasteiger charge is -2.17. The number of nitrogens with one attached hydrogen (secondary N) is 1. The van der Waals surface area contributed by atoms with Crippen molar-refractivity contribution in [2.75, 3.05) is 23.8 Å². The third-order valence-electron chi connectivity index (χ3n) is 4.69. The van der Waals surface area contributed by atoms with Crippen molar-refractivity contribution >= 4 is 33.3 Å². The smallest absolute Gasteiger partial charge is 0.228 e. The molecular weight excluding hydrogens is 328 g/mol. The second-order valence-electron chi connectivity index (χ2n) is 6.81. The number of hydrogen-bond acceptors (Lipinski definition) is 5. The molecular formula is C20H24N4S. The van der Waals surface area contributed by atoms with E-state index in [-0.39, 0.29) is 0 Å². The highest BCUT2D eigenvalue weighted by Crippen LogP contribution is 2.33. The molecule has 4 rings (SSSR count). The van der Waals surface area contributed by atoms with Crippen LogP contribution in [0.25, 0.3) is 10.2 Å². The maximum Gasteiger partial charge on any atom is 0.228 e. The monoisotopic (exact) mass is 352 g/mol. The Morgan fingerprint density at radius 1 is 1.20 bits per heavy atom. The van der Waals surface area contributed by atoms with Gasteiger partial charge in [0.25, 0.3) is 0 Å². The fourth-order valence-corrected chi connectivity index (χ4v) is 3.97. The lowest BCUT2D eigenvalue weighted by atomic mass is 10.1. The van der Waals surface area contributed by atoms with Gasteiger partial charge in [0.1, 0.15) is 10.6 Å². The van der Waals surface area contributed by atoms with Gasteiger partial charge in [-0.3, -0.25) is 0 Å². The number of fused-ring (bicyclic) bond motifs is 1. The molecule has 130 valence electrons. The first-order chi connectivity index (χ1) is 12.2. The molecule has 25 heavy (non-hydrogen) atoms. The van der Waals surface area contributed by atoms with Gasteiger partial charge < -0.3 is 10.2 Å². The fourth-order valence-electron chi connectivity index (χ4n) is 3.09. The molecule has 1 N–H and O–H groups in total. The molecule has 5 heteroatoms. The van der Waals surface area contributed by atoms with Crippen LogP contribution in [0.1, 0.15) is 29.7 Å². The van der Waals surface area contributed by atoms with E-state index < -0.39 is 0 Å². The average molecular weight is 353 g/mol. The molecule has 3 aromatic rings. The van der Waals surface area contributed by atoms with E-state index in [1.165, 1.54) is 23.3 Å². The van der Waals surface area contributed by atoms with Crippen molar-refractivity contribution in [2.24, 2.45) is 0 Å². The van der Waals surface area contributed by atoms with Crippen LogP contribution in [-0.2, 0) is 6.42 Å². The van der Waals surface area contributed by atoms with Crippen LogP contribution in [0.5, 0.6) is 0 Å². The number of hydrogen-bond donors (Lipinski definition) is 1. The Labute approximate surface area is 152 Å². The molecule has 2 aromatic heterocycles. The first kappa shape index (κ1) is 16.3. The van der Waals surface area contributed by atoms with Crippen LogP contribution in [0, 0.1) is 6.92 Å². The molecule has 0 atom stereocenters. The quantitative estimate of drug-likeness (QED) is 0.629. The summed E-state index contributed by atoms with van der Waals surface area (Å²) >= 11 is 1.75. The molecule has 0 amide bonds. The van der Waals surface area contributed by atoms with Crippen LogP contribution in [-0.4, -0.2) is 29.6 Å². The summed E-state index contributed by atoms with van der Waals surface area (Å²) in [6, 6.07) is 13.5. The lowest BCUT2D eigenvalue weighted by Crippen LogP contribution is -2.22. The zero-order chi connectivity index (χ0) is 17.2. The molecule has 0 spiro atoms. The van der Waals surface area contributed by atoms with Gasteiger partial charge in [-0.25, -0.2) is 4.98 Å². The molecule has 0 unspecified atom stereocenters. The topological polar surface area (TPSA) is 41.1 Å². The van der Waals surface area contributed by atoms with Crippen molar-refractivity contribution in [3.8, 4) is 0 Å². The van der Waals surface area contributed by atoms with Crippen LogP contribution < -0.4 is 10.2 Å². The maximum absolute atomic E-state index is 4.83. The Hall–Kier alpha value is -2.14. The van der Waals surface area contributed by atoms with Gasteiger partial charge in [0, 0.05) is 24.5 Å². The van der Waals surface area contributed by atoms with Crippen LogP contribution >= 0.6 is 11.3 Å². The standard InChI is InChI=1S/C20H24N4S/c1-14-13-17-18(21-12-6-9-15-7-4-3-5-8-15)22-20(23-19(17)25-14)24(2)16-10-11-16/h3-5,7-8,13,16H,6,9-12H2,1-2H3,(H,21,22,23). The van der Waals surface area contributed by atoms with Crippen molar-refractivity contribution < 1.29 is 0 Å². The van der Waals surface area contributed by atoms with Gasteiger partial charge in [0.2, 0.25) is 5.95 Å². The average Bonchev–Trinajstić information content (AvgIpc) is 3.40. The molecule has 2 heterocycles. The van der Waals surface area contributed by atoms with E-state index in [1.54, 1.807) is 11.3 Å². The molecule has 1 aromatic carbocycles. The largest absolute Gasteiger partial charge is 0.369 e. The molecule has 1 fully saturated rings. The highest BCUT2D eigenvalue weighted by atomic mass is 32.1. The molecule has 0 bridgehead atoms. The normalized spacial score (nSPS) is 14.0. The number of nitrogens with zero attached hydrogens (tertiary/aromatic N) is 3. The molecule has 1 saturated carbocycles. The number of benzene rings is 1. The van der Waals surface area contributed by atoms with Crippen LogP contribution in [0.2, 0.25) is 0 Å². The van der Waals surface area contributed by atoms with Gasteiger partial charge in [0.05, 0.1) is 5.39 Å². The van der Waals surface area contributed by atoms with Gasteiger partial charge in [0.15, 0.2) is 0 Å². The van der Waals surface area contributed by atoms with Crippen LogP contribution in [0.4, 0.5) is 11.8 Å². The summed E-state index contributed by atoms with van der Waals surface area (Å²) in [4.78, 5) is 14.2. The van der Waals surface area contributed by atoms with Crippen molar-refractivity contribution in [3.05, 3.63) is 46.8 Å². The highest BCUT2D eigenvalue weighted by molar-refractivity contribution is 7.18. The van der Waals surface area contributed by atoms with E-state index in [1.807, 2.05) is 0 Å². The number of thiophene rings is 1. The molecule has 0 saturated heterocycles. The Balaban J connectivity index is 1.49. The Morgan fingerprint density at radius 2 is 2.00 bits per heavy atom. The van der Waals surface area contributed by atoms with Gasteiger partial charge in [-0.1, -0.05) is 30.3 Å². The van der Waals surface area contributed by atoms with E-state index in [0.29, 0.717) is 6.04 Å². The number of aryl methyl sites for hydroxylation is 2. The molecule has 1 aliphatic carbocycles. The summed E-state index contributed by atoms with van der Waals surface area (Å²) in [5.41, 5.74) is 1.39. The predicted molar refractivity (Wildman–Crippen MR) is 107 cm³/mol. The minimum Gasteiger partial charge on any atom is -0.369 e. The van der Waals surface area contributed by atoms with E-state index in [9.17, 15) is 0 Å². The second kappa shape index (κ2) is 7.00. The summed E-state index contributed by atoms with van der Waals surface area (Å²) in [6.07, 6.45) is 4.67. The van der Waals surface area contributed by atoms with Gasteiger partial charge in [-0.05, 0) is 44.2 Å². The first-order valence-electron chi connectivity index (χ1n) is 8.99. The Kier molecular flexibility index (Phi) is 4.57. The summed E-state index contributed by atoms with van der Waals surface area (Å²) in [7, 11) is 2.11. The minimum atomic E-state index is 0.615. The third-order valence-corrected chi connectivity index (χ3v) is 5.64. The number of aromatic nitrogens is 2. The van der Waals surface area contributed by atoms with Gasteiger partial charge in [-0.15, -0.1) is 11.3 Å². The summed E-state index contributed by atoms with van der Waals surface area (Å²) in [5.74, 6) is 1.83. The summed E-state index contributed by atoms with van der Waals surface area (Å²) < 4.78 is 0. The molecule has 1 aliphatic rings. The van der Waals surface area contributed by atoms with E-state index >= 15 is 0 Å².